The molecule has 0 fully saturated rings. The lowest BCUT2D eigenvalue weighted by Gasteiger charge is -2.24. The monoisotopic (exact) mass is 440 g/mol. The lowest BCUT2D eigenvalue weighted by molar-refractivity contribution is -0.119. The van der Waals surface area contributed by atoms with Gasteiger partial charge in [0.05, 0.1) is 12.8 Å². The highest BCUT2D eigenvalue weighted by atomic mass is 16.6. The zero-order valence-electron chi connectivity index (χ0n) is 19.0. The van der Waals surface area contributed by atoms with E-state index in [1.807, 2.05) is 38.1 Å². The van der Waals surface area contributed by atoms with E-state index >= 15 is 0 Å². The predicted molar refractivity (Wildman–Crippen MR) is 119 cm³/mol. The van der Waals surface area contributed by atoms with E-state index in [1.165, 1.54) is 4.52 Å². The number of nitrogens with one attached hydrogen (secondary N) is 2. The summed E-state index contributed by atoms with van der Waals surface area (Å²) in [4.78, 5) is 33.5. The molecule has 3 aromatic rings. The number of benzene rings is 1. The number of anilines is 1. The van der Waals surface area contributed by atoms with Crippen molar-refractivity contribution in [3.05, 3.63) is 36.5 Å². The van der Waals surface area contributed by atoms with Crippen molar-refractivity contribution in [2.75, 3.05) is 12.4 Å². The number of methoxy groups -OCH3 is 1. The molecular formula is C22H28N6O4. The van der Waals surface area contributed by atoms with Gasteiger partial charge in [0.15, 0.2) is 0 Å². The molecule has 0 aliphatic heterocycles. The minimum atomic E-state index is -0.831. The maximum absolute atomic E-state index is 12.9. The molecule has 1 aromatic carbocycles. The van der Waals surface area contributed by atoms with Crippen LogP contribution >= 0.6 is 0 Å². The number of alkyl carbamates (subject to hydrolysis) is 1. The summed E-state index contributed by atoms with van der Waals surface area (Å²) in [5.41, 5.74) is 0.910. The molecule has 1 unspecified atom stereocenters. The minimum Gasteiger partial charge on any atom is -0.497 e. The molecular weight excluding hydrogens is 412 g/mol. The van der Waals surface area contributed by atoms with Crippen LogP contribution in [0.1, 0.15) is 34.6 Å². The number of nitrogens with zero attached hydrogens (tertiary/aromatic N) is 4. The number of fused-ring (bicyclic) bond motifs is 1. The number of hydrogen-bond donors (Lipinski definition) is 2. The summed E-state index contributed by atoms with van der Waals surface area (Å²) in [5, 5.41) is 9.67. The molecule has 2 amide bonds. The lowest BCUT2D eigenvalue weighted by atomic mass is 10.0. The van der Waals surface area contributed by atoms with E-state index in [0.29, 0.717) is 11.5 Å². The average molecular weight is 441 g/mol. The van der Waals surface area contributed by atoms with E-state index in [-0.39, 0.29) is 11.9 Å². The normalized spacial score (nSPS) is 12.5. The molecule has 0 bridgehead atoms. The van der Waals surface area contributed by atoms with Crippen LogP contribution in [0.2, 0.25) is 0 Å². The lowest BCUT2D eigenvalue weighted by Crippen LogP contribution is -2.48. The van der Waals surface area contributed by atoms with Crippen molar-refractivity contribution in [1.82, 2.24) is 24.9 Å². The zero-order valence-corrected chi connectivity index (χ0v) is 19.0. The van der Waals surface area contributed by atoms with E-state index in [1.54, 1.807) is 40.1 Å². The van der Waals surface area contributed by atoms with E-state index in [9.17, 15) is 9.59 Å². The third-order valence-electron chi connectivity index (χ3n) is 4.46. The SMILES string of the molecule is COc1cccc(-c2ccnc3nc(NC(=O)C(NC(=O)OC(C)(C)C)C(C)C)nn23)c1. The van der Waals surface area contributed by atoms with E-state index in [0.717, 1.165) is 11.3 Å². The van der Waals surface area contributed by atoms with Crippen molar-refractivity contribution in [2.24, 2.45) is 5.92 Å². The van der Waals surface area contributed by atoms with Crippen molar-refractivity contribution < 1.29 is 19.1 Å². The van der Waals surface area contributed by atoms with Gasteiger partial charge in [0.25, 0.3) is 11.7 Å². The number of rotatable bonds is 6. The summed E-state index contributed by atoms with van der Waals surface area (Å²) in [6.07, 6.45) is 0.946. The van der Waals surface area contributed by atoms with Gasteiger partial charge in [-0.25, -0.2) is 9.78 Å². The summed E-state index contributed by atoms with van der Waals surface area (Å²) in [6.45, 7) is 8.90. The van der Waals surface area contributed by atoms with Crippen LogP contribution in [-0.2, 0) is 9.53 Å². The van der Waals surface area contributed by atoms with E-state index in [4.69, 9.17) is 9.47 Å². The fourth-order valence-corrected chi connectivity index (χ4v) is 3.01. The molecule has 0 saturated carbocycles. The molecule has 0 radical (unpaired) electrons. The van der Waals surface area contributed by atoms with Gasteiger partial charge in [0, 0.05) is 11.8 Å². The van der Waals surface area contributed by atoms with Crippen LogP contribution < -0.4 is 15.4 Å². The van der Waals surface area contributed by atoms with Crippen molar-refractivity contribution >= 4 is 23.7 Å². The number of carbonyl (C=O) groups excluding carboxylic acids is 2. The molecule has 0 saturated heterocycles. The highest BCUT2D eigenvalue weighted by Crippen LogP contribution is 2.24. The van der Waals surface area contributed by atoms with E-state index < -0.39 is 23.6 Å². The summed E-state index contributed by atoms with van der Waals surface area (Å²) in [7, 11) is 1.60. The Balaban J connectivity index is 1.83. The molecule has 0 aliphatic carbocycles. The molecule has 0 spiro atoms. The second kappa shape index (κ2) is 9.21. The van der Waals surface area contributed by atoms with Crippen LogP contribution in [0.5, 0.6) is 5.75 Å². The van der Waals surface area contributed by atoms with Gasteiger partial charge in [0.1, 0.15) is 17.4 Å². The summed E-state index contributed by atoms with van der Waals surface area (Å²) in [6, 6.07) is 8.46. The fourth-order valence-electron chi connectivity index (χ4n) is 3.01. The van der Waals surface area contributed by atoms with Gasteiger partial charge in [-0.3, -0.25) is 10.1 Å². The van der Waals surface area contributed by atoms with Gasteiger partial charge in [-0.1, -0.05) is 26.0 Å². The standard InChI is InChI=1S/C22H28N6O4/c1-13(2)17(24-21(30)32-22(3,4)5)18(29)25-19-26-20-23-11-10-16(28(20)27-19)14-8-7-9-15(12-14)31-6/h7-13,17H,1-6H3,(H,24,30)(H,25,27,29). The van der Waals surface area contributed by atoms with Crippen LogP contribution in [-0.4, -0.2) is 50.3 Å². The third kappa shape index (κ3) is 5.51. The first kappa shape index (κ1) is 23.0. The maximum atomic E-state index is 12.9. The second-order valence-corrected chi connectivity index (χ2v) is 8.57. The van der Waals surface area contributed by atoms with Gasteiger partial charge in [-0.05, 0) is 44.9 Å². The van der Waals surface area contributed by atoms with Crippen molar-refractivity contribution in [2.45, 2.75) is 46.3 Å². The summed E-state index contributed by atoms with van der Waals surface area (Å²) in [5.74, 6) is 0.458. The molecule has 2 N–H and O–H groups in total. The number of hydrogen-bond acceptors (Lipinski definition) is 7. The molecule has 0 aliphatic rings. The van der Waals surface area contributed by atoms with Crippen LogP contribution in [0.3, 0.4) is 0 Å². The Morgan fingerprint density at radius 1 is 1.16 bits per heavy atom. The molecule has 2 heterocycles. The molecule has 10 nitrogen and oxygen atoms in total. The van der Waals surface area contributed by atoms with Crippen LogP contribution in [0.4, 0.5) is 10.7 Å². The number of aromatic nitrogens is 4. The Labute approximate surface area is 186 Å². The van der Waals surface area contributed by atoms with Crippen LogP contribution in [0, 0.1) is 5.92 Å². The Morgan fingerprint density at radius 2 is 1.91 bits per heavy atom. The fraction of sp³-hybridized carbons (Fsp3) is 0.409. The molecule has 170 valence electrons. The molecule has 3 rings (SSSR count). The number of ether oxygens (including phenoxy) is 2. The first-order valence-corrected chi connectivity index (χ1v) is 10.2. The molecule has 10 heteroatoms. The van der Waals surface area contributed by atoms with Crippen LogP contribution in [0.15, 0.2) is 36.5 Å². The highest BCUT2D eigenvalue weighted by molar-refractivity contribution is 5.95. The van der Waals surface area contributed by atoms with Crippen LogP contribution in [0.25, 0.3) is 17.0 Å². The van der Waals surface area contributed by atoms with Crippen molar-refractivity contribution in [3.63, 3.8) is 0 Å². The summed E-state index contributed by atoms with van der Waals surface area (Å²) >= 11 is 0. The average Bonchev–Trinajstić information content (AvgIpc) is 3.12. The first-order chi connectivity index (χ1) is 15.1. The number of amides is 2. The predicted octanol–water partition coefficient (Wildman–Crippen LogP) is 3.29. The largest absolute Gasteiger partial charge is 0.497 e. The Hall–Kier alpha value is -3.69. The van der Waals surface area contributed by atoms with Crippen molar-refractivity contribution in [3.8, 4) is 17.0 Å². The van der Waals surface area contributed by atoms with Gasteiger partial charge in [-0.15, -0.1) is 5.10 Å². The molecule has 2 aromatic heterocycles. The van der Waals surface area contributed by atoms with Gasteiger partial charge >= 0.3 is 6.09 Å². The second-order valence-electron chi connectivity index (χ2n) is 8.57. The molecule has 1 atom stereocenters. The van der Waals surface area contributed by atoms with Gasteiger partial charge in [-0.2, -0.15) is 9.50 Å². The van der Waals surface area contributed by atoms with Gasteiger partial charge in [0.2, 0.25) is 5.91 Å². The third-order valence-corrected chi connectivity index (χ3v) is 4.46. The van der Waals surface area contributed by atoms with Crippen molar-refractivity contribution in [1.29, 1.82) is 0 Å². The highest BCUT2D eigenvalue weighted by Gasteiger charge is 2.28. The maximum Gasteiger partial charge on any atom is 0.408 e. The van der Waals surface area contributed by atoms with Gasteiger partial charge < -0.3 is 14.8 Å². The Bertz CT molecular complexity index is 1120. The smallest absolute Gasteiger partial charge is 0.408 e. The first-order valence-electron chi connectivity index (χ1n) is 10.2. The topological polar surface area (TPSA) is 120 Å². The zero-order chi connectivity index (χ0) is 23.5. The minimum absolute atomic E-state index is 0.0782. The Kier molecular flexibility index (Phi) is 6.61. The summed E-state index contributed by atoms with van der Waals surface area (Å²) < 4.78 is 12.1. The quantitative estimate of drug-likeness (QED) is 0.603. The molecule has 32 heavy (non-hydrogen) atoms. The Morgan fingerprint density at radius 3 is 2.56 bits per heavy atom. The number of carbonyl (C=O) groups is 2. The van der Waals surface area contributed by atoms with E-state index in [2.05, 4.69) is 25.7 Å².